The standard InChI is InChI=1S/C22H23ClN4O6/c23-16-1-3-17(4-2-16)25-9-7-24(8-10-25)11-13-32-18-5-6-19-20(15-18)22(29)26(21(19)28)12-14-33-27(30)31/h1-6,15H,7-14H2. The average Bonchev–Trinajstić information content (AvgIpc) is 3.04. The van der Waals surface area contributed by atoms with Crippen LogP contribution in [-0.2, 0) is 4.84 Å². The molecule has 174 valence electrons. The summed E-state index contributed by atoms with van der Waals surface area (Å²) >= 11 is 5.96. The zero-order chi connectivity index (χ0) is 23.4. The molecule has 33 heavy (non-hydrogen) atoms. The number of halogens is 1. The molecule has 1 fully saturated rings. The van der Waals surface area contributed by atoms with Crippen molar-refractivity contribution in [1.29, 1.82) is 0 Å². The molecule has 4 rings (SSSR count). The molecule has 0 radical (unpaired) electrons. The third-order valence-corrected chi connectivity index (χ3v) is 5.95. The number of carbonyl (C=O) groups is 2. The minimum atomic E-state index is -0.957. The van der Waals surface area contributed by atoms with Crippen molar-refractivity contribution in [3.05, 3.63) is 68.7 Å². The lowest BCUT2D eigenvalue weighted by Crippen LogP contribution is -2.47. The van der Waals surface area contributed by atoms with Crippen molar-refractivity contribution in [1.82, 2.24) is 9.80 Å². The van der Waals surface area contributed by atoms with E-state index in [1.54, 1.807) is 18.2 Å². The van der Waals surface area contributed by atoms with E-state index < -0.39 is 16.9 Å². The summed E-state index contributed by atoms with van der Waals surface area (Å²) in [6, 6.07) is 12.6. The van der Waals surface area contributed by atoms with Crippen molar-refractivity contribution >= 4 is 29.1 Å². The van der Waals surface area contributed by atoms with Crippen LogP contribution >= 0.6 is 11.6 Å². The van der Waals surface area contributed by atoms with E-state index in [-0.39, 0.29) is 24.3 Å². The molecule has 11 heteroatoms. The molecule has 2 heterocycles. The van der Waals surface area contributed by atoms with E-state index >= 15 is 0 Å². The second kappa shape index (κ2) is 10.1. The first kappa shape index (κ1) is 22.8. The molecule has 0 aliphatic carbocycles. The summed E-state index contributed by atoms with van der Waals surface area (Å²) < 4.78 is 5.82. The molecule has 0 saturated carbocycles. The molecule has 0 N–H and O–H groups in total. The number of ether oxygens (including phenoxy) is 1. The molecule has 0 aromatic heterocycles. The Kier molecular flexibility index (Phi) is 6.95. The Hall–Kier alpha value is -3.37. The third kappa shape index (κ3) is 5.35. The van der Waals surface area contributed by atoms with E-state index in [1.165, 1.54) is 0 Å². The fourth-order valence-corrected chi connectivity index (χ4v) is 4.07. The van der Waals surface area contributed by atoms with Crippen molar-refractivity contribution in [2.45, 2.75) is 0 Å². The summed E-state index contributed by atoms with van der Waals surface area (Å²) in [6.45, 7) is 4.26. The topological polar surface area (TPSA) is 105 Å². The van der Waals surface area contributed by atoms with Gasteiger partial charge in [-0.3, -0.25) is 19.4 Å². The highest BCUT2D eigenvalue weighted by Crippen LogP contribution is 2.27. The molecule has 2 aliphatic rings. The van der Waals surface area contributed by atoms with Crippen molar-refractivity contribution in [3.8, 4) is 5.75 Å². The Balaban J connectivity index is 1.25. The molecular formula is C22H23ClN4O6. The van der Waals surface area contributed by atoms with Crippen molar-refractivity contribution < 1.29 is 24.3 Å². The van der Waals surface area contributed by atoms with Crippen LogP contribution in [0.2, 0.25) is 5.02 Å². The number of piperazine rings is 1. The number of fused-ring (bicyclic) bond motifs is 1. The molecule has 2 amide bonds. The van der Waals surface area contributed by atoms with Gasteiger partial charge in [-0.1, -0.05) is 11.6 Å². The summed E-state index contributed by atoms with van der Waals surface area (Å²) in [5.41, 5.74) is 1.65. The Morgan fingerprint density at radius 2 is 1.61 bits per heavy atom. The first-order chi connectivity index (χ1) is 15.9. The minimum absolute atomic E-state index is 0.189. The quantitative estimate of drug-likeness (QED) is 0.310. The van der Waals surface area contributed by atoms with Gasteiger partial charge in [-0.05, 0) is 42.5 Å². The van der Waals surface area contributed by atoms with Gasteiger partial charge in [-0.15, -0.1) is 10.1 Å². The van der Waals surface area contributed by atoms with E-state index in [1.807, 2.05) is 24.3 Å². The van der Waals surface area contributed by atoms with E-state index in [9.17, 15) is 19.7 Å². The molecule has 10 nitrogen and oxygen atoms in total. The number of benzene rings is 2. The second-order valence-corrected chi connectivity index (χ2v) is 8.12. The van der Waals surface area contributed by atoms with Gasteiger partial charge < -0.3 is 14.5 Å². The SMILES string of the molecule is O=C1c2ccc(OCCN3CCN(c4ccc(Cl)cc4)CC3)cc2C(=O)N1CCO[N+](=O)[O-]. The number of hydrogen-bond acceptors (Lipinski definition) is 8. The summed E-state index contributed by atoms with van der Waals surface area (Å²) in [4.78, 5) is 45.0. The van der Waals surface area contributed by atoms with E-state index in [4.69, 9.17) is 16.3 Å². The van der Waals surface area contributed by atoms with Gasteiger partial charge >= 0.3 is 0 Å². The molecule has 2 aromatic rings. The van der Waals surface area contributed by atoms with Gasteiger partial charge in [0.2, 0.25) is 0 Å². The Labute approximate surface area is 195 Å². The van der Waals surface area contributed by atoms with Crippen LogP contribution in [0.5, 0.6) is 5.75 Å². The van der Waals surface area contributed by atoms with Crippen LogP contribution < -0.4 is 9.64 Å². The van der Waals surface area contributed by atoms with Crippen molar-refractivity contribution in [2.75, 3.05) is 57.4 Å². The monoisotopic (exact) mass is 474 g/mol. The van der Waals surface area contributed by atoms with Crippen LogP contribution in [0.1, 0.15) is 20.7 Å². The number of hydrogen-bond donors (Lipinski definition) is 0. The van der Waals surface area contributed by atoms with Crippen LogP contribution in [0.4, 0.5) is 5.69 Å². The summed E-state index contributed by atoms with van der Waals surface area (Å²) in [5, 5.41) is 10.0. The predicted octanol–water partition coefficient (Wildman–Crippen LogP) is 2.35. The van der Waals surface area contributed by atoms with E-state index in [2.05, 4.69) is 14.6 Å². The predicted molar refractivity (Wildman–Crippen MR) is 120 cm³/mol. The van der Waals surface area contributed by atoms with Crippen LogP contribution in [0.3, 0.4) is 0 Å². The lowest BCUT2D eigenvalue weighted by atomic mass is 10.1. The highest BCUT2D eigenvalue weighted by molar-refractivity contribution is 6.30. The van der Waals surface area contributed by atoms with Crippen LogP contribution in [0, 0.1) is 10.1 Å². The summed E-state index contributed by atoms with van der Waals surface area (Å²) in [5.74, 6) is -0.504. The molecule has 2 aliphatic heterocycles. The lowest BCUT2D eigenvalue weighted by molar-refractivity contribution is -0.757. The maximum atomic E-state index is 12.5. The minimum Gasteiger partial charge on any atom is -0.492 e. The number of carbonyl (C=O) groups excluding carboxylic acids is 2. The van der Waals surface area contributed by atoms with Gasteiger partial charge in [0, 0.05) is 43.4 Å². The van der Waals surface area contributed by atoms with Crippen LogP contribution in [-0.4, -0.2) is 79.2 Å². The number of nitrogens with zero attached hydrogens (tertiary/aromatic N) is 4. The highest BCUT2D eigenvalue weighted by atomic mass is 35.5. The zero-order valence-electron chi connectivity index (χ0n) is 17.8. The Bertz CT molecular complexity index is 1040. The van der Waals surface area contributed by atoms with E-state index in [0.717, 1.165) is 48.3 Å². The molecule has 1 saturated heterocycles. The van der Waals surface area contributed by atoms with Gasteiger partial charge in [0.25, 0.3) is 16.9 Å². The largest absolute Gasteiger partial charge is 0.492 e. The lowest BCUT2D eigenvalue weighted by Gasteiger charge is -2.36. The number of amides is 2. The zero-order valence-corrected chi connectivity index (χ0v) is 18.6. The van der Waals surface area contributed by atoms with Gasteiger partial charge in [0.1, 0.15) is 19.0 Å². The number of imide groups is 1. The second-order valence-electron chi connectivity index (χ2n) is 7.68. The maximum Gasteiger partial charge on any atom is 0.294 e. The van der Waals surface area contributed by atoms with Crippen molar-refractivity contribution in [3.63, 3.8) is 0 Å². The maximum absolute atomic E-state index is 12.5. The average molecular weight is 475 g/mol. The smallest absolute Gasteiger partial charge is 0.294 e. The summed E-state index contributed by atoms with van der Waals surface area (Å²) in [6.07, 6.45) is 0. The fraction of sp³-hybridized carbons (Fsp3) is 0.364. The molecule has 0 spiro atoms. The van der Waals surface area contributed by atoms with Crippen LogP contribution in [0.25, 0.3) is 0 Å². The molecule has 0 bridgehead atoms. The molecule has 0 unspecified atom stereocenters. The number of rotatable bonds is 9. The first-order valence-corrected chi connectivity index (χ1v) is 10.9. The molecule has 2 aromatic carbocycles. The van der Waals surface area contributed by atoms with Gasteiger partial charge in [0.05, 0.1) is 17.7 Å². The number of anilines is 1. The van der Waals surface area contributed by atoms with Gasteiger partial charge in [0.15, 0.2) is 0 Å². The van der Waals surface area contributed by atoms with Crippen LogP contribution in [0.15, 0.2) is 42.5 Å². The first-order valence-electron chi connectivity index (χ1n) is 10.6. The summed E-state index contributed by atoms with van der Waals surface area (Å²) in [7, 11) is 0. The fourth-order valence-electron chi connectivity index (χ4n) is 3.94. The highest BCUT2D eigenvalue weighted by Gasteiger charge is 2.35. The van der Waals surface area contributed by atoms with Gasteiger partial charge in [-0.25, -0.2) is 0 Å². The molecule has 0 atom stereocenters. The normalized spacial score (nSPS) is 16.2. The Morgan fingerprint density at radius 1 is 0.909 bits per heavy atom. The van der Waals surface area contributed by atoms with E-state index in [0.29, 0.717) is 12.4 Å². The molecular weight excluding hydrogens is 452 g/mol. The third-order valence-electron chi connectivity index (χ3n) is 5.69. The van der Waals surface area contributed by atoms with Crippen molar-refractivity contribution in [2.24, 2.45) is 0 Å². The van der Waals surface area contributed by atoms with Gasteiger partial charge in [-0.2, -0.15) is 0 Å². The Morgan fingerprint density at radius 3 is 2.30 bits per heavy atom.